The van der Waals surface area contributed by atoms with Crippen molar-refractivity contribution in [3.8, 4) is 0 Å². The van der Waals surface area contributed by atoms with E-state index in [1.807, 2.05) is 31.3 Å². The molecule has 0 bridgehead atoms. The van der Waals surface area contributed by atoms with Crippen molar-refractivity contribution in [2.24, 2.45) is 11.8 Å². The highest BCUT2D eigenvalue weighted by Crippen LogP contribution is 2.21. The number of hydrogen-bond acceptors (Lipinski definition) is 2. The first-order chi connectivity index (χ1) is 8.59. The zero-order valence-electron chi connectivity index (χ0n) is 10.8. The number of benzene rings is 1. The molecular weight excluding hydrogens is 248 g/mol. The van der Waals surface area contributed by atoms with Gasteiger partial charge in [0.05, 0.1) is 5.92 Å². The Morgan fingerprint density at radius 3 is 2.78 bits per heavy atom. The molecule has 0 aromatic heterocycles. The molecule has 0 radical (unpaired) electrons. The van der Waals surface area contributed by atoms with Gasteiger partial charge >= 0.3 is 0 Å². The molecule has 1 aromatic rings. The predicted molar refractivity (Wildman–Crippen MR) is 73.4 cm³/mol. The van der Waals surface area contributed by atoms with Gasteiger partial charge in [0.2, 0.25) is 5.91 Å². The van der Waals surface area contributed by atoms with Crippen LogP contribution in [0.2, 0.25) is 5.02 Å². The first-order valence-electron chi connectivity index (χ1n) is 6.28. The maximum atomic E-state index is 12.3. The van der Waals surface area contributed by atoms with Gasteiger partial charge < -0.3 is 10.2 Å². The number of hydrogen-bond donors (Lipinski definition) is 1. The molecule has 0 aliphatic carbocycles. The van der Waals surface area contributed by atoms with Gasteiger partial charge in [0.25, 0.3) is 0 Å². The molecule has 2 unspecified atom stereocenters. The van der Waals surface area contributed by atoms with Gasteiger partial charge in [0, 0.05) is 25.2 Å². The summed E-state index contributed by atoms with van der Waals surface area (Å²) in [7, 11) is 1.84. The van der Waals surface area contributed by atoms with Crippen LogP contribution >= 0.6 is 11.6 Å². The first kappa shape index (κ1) is 13.4. The molecule has 0 spiro atoms. The quantitative estimate of drug-likeness (QED) is 0.909. The molecule has 1 aliphatic heterocycles. The summed E-state index contributed by atoms with van der Waals surface area (Å²) in [6.07, 6.45) is 0. The summed E-state index contributed by atoms with van der Waals surface area (Å²) in [5.74, 6) is 0.705. The van der Waals surface area contributed by atoms with E-state index in [1.54, 1.807) is 4.90 Å². The van der Waals surface area contributed by atoms with Gasteiger partial charge in [-0.15, -0.1) is 0 Å². The minimum absolute atomic E-state index is 0.0949. The van der Waals surface area contributed by atoms with Crippen LogP contribution in [-0.2, 0) is 11.3 Å². The lowest BCUT2D eigenvalue weighted by Gasteiger charge is -2.23. The van der Waals surface area contributed by atoms with Gasteiger partial charge in [-0.2, -0.15) is 0 Å². The second kappa shape index (κ2) is 5.72. The Hall–Kier alpha value is -1.06. The summed E-state index contributed by atoms with van der Waals surface area (Å²) in [5, 5.41) is 3.98. The zero-order valence-corrected chi connectivity index (χ0v) is 11.6. The predicted octanol–water partition coefficient (Wildman–Crippen LogP) is 2.15. The third-order valence-corrected chi connectivity index (χ3v) is 3.94. The van der Waals surface area contributed by atoms with E-state index in [9.17, 15) is 4.79 Å². The van der Waals surface area contributed by atoms with E-state index in [2.05, 4.69) is 12.2 Å². The van der Waals surface area contributed by atoms with Crippen LogP contribution in [-0.4, -0.2) is 30.9 Å². The molecule has 1 amide bonds. The van der Waals surface area contributed by atoms with Crippen LogP contribution in [0.5, 0.6) is 0 Å². The highest BCUT2D eigenvalue weighted by atomic mass is 35.5. The van der Waals surface area contributed by atoms with Crippen molar-refractivity contribution in [1.29, 1.82) is 0 Å². The Bertz CT molecular complexity index is 436. The van der Waals surface area contributed by atoms with Crippen LogP contribution in [0, 0.1) is 11.8 Å². The summed E-state index contributed by atoms with van der Waals surface area (Å²) >= 11 is 6.11. The van der Waals surface area contributed by atoms with Crippen molar-refractivity contribution in [2.45, 2.75) is 13.5 Å². The molecule has 1 N–H and O–H groups in total. The molecule has 1 fully saturated rings. The van der Waals surface area contributed by atoms with Gasteiger partial charge in [-0.3, -0.25) is 4.79 Å². The molecule has 98 valence electrons. The van der Waals surface area contributed by atoms with Crippen molar-refractivity contribution in [1.82, 2.24) is 10.2 Å². The van der Waals surface area contributed by atoms with Crippen LogP contribution in [0.25, 0.3) is 0 Å². The summed E-state index contributed by atoms with van der Waals surface area (Å²) in [5.41, 5.74) is 0.994. The Kier molecular flexibility index (Phi) is 4.25. The highest BCUT2D eigenvalue weighted by molar-refractivity contribution is 6.31. The molecule has 2 atom stereocenters. The number of nitrogens with one attached hydrogen (secondary N) is 1. The standard InChI is InChI=1S/C14H19ClN2O/c1-10-7-16-8-12(10)14(18)17(2)9-11-5-3-4-6-13(11)15/h3-6,10,12,16H,7-9H2,1-2H3. The summed E-state index contributed by atoms with van der Waals surface area (Å²) in [6.45, 7) is 4.40. The second-order valence-corrected chi connectivity index (χ2v) is 5.43. The summed E-state index contributed by atoms with van der Waals surface area (Å²) < 4.78 is 0. The van der Waals surface area contributed by atoms with Crippen molar-refractivity contribution in [3.63, 3.8) is 0 Å². The highest BCUT2D eigenvalue weighted by Gasteiger charge is 2.31. The van der Waals surface area contributed by atoms with Crippen molar-refractivity contribution >= 4 is 17.5 Å². The van der Waals surface area contributed by atoms with E-state index in [4.69, 9.17) is 11.6 Å². The number of carbonyl (C=O) groups is 1. The molecule has 1 aromatic carbocycles. The number of halogens is 1. The summed E-state index contributed by atoms with van der Waals surface area (Å²) in [6, 6.07) is 7.66. The monoisotopic (exact) mass is 266 g/mol. The molecule has 2 rings (SSSR count). The molecule has 4 heteroatoms. The molecule has 1 heterocycles. The molecule has 0 saturated carbocycles. The van der Waals surface area contributed by atoms with Crippen LogP contribution in [0.4, 0.5) is 0 Å². The van der Waals surface area contributed by atoms with Gasteiger partial charge in [-0.05, 0) is 24.1 Å². The molecular formula is C14H19ClN2O. The van der Waals surface area contributed by atoms with Crippen LogP contribution in [0.1, 0.15) is 12.5 Å². The van der Waals surface area contributed by atoms with Crippen molar-refractivity contribution < 1.29 is 4.79 Å². The van der Waals surface area contributed by atoms with Crippen LogP contribution < -0.4 is 5.32 Å². The molecule has 18 heavy (non-hydrogen) atoms. The summed E-state index contributed by atoms with van der Waals surface area (Å²) in [4.78, 5) is 14.1. The fraction of sp³-hybridized carbons (Fsp3) is 0.500. The third-order valence-electron chi connectivity index (χ3n) is 3.58. The smallest absolute Gasteiger partial charge is 0.227 e. The average molecular weight is 267 g/mol. The number of rotatable bonds is 3. The van der Waals surface area contributed by atoms with Gasteiger partial charge in [-0.1, -0.05) is 36.7 Å². The Balaban J connectivity index is 2.01. The average Bonchev–Trinajstić information content (AvgIpc) is 2.77. The van der Waals surface area contributed by atoms with E-state index < -0.39 is 0 Å². The van der Waals surface area contributed by atoms with Gasteiger partial charge in [0.1, 0.15) is 0 Å². The largest absolute Gasteiger partial charge is 0.341 e. The Morgan fingerprint density at radius 1 is 1.44 bits per heavy atom. The molecule has 3 nitrogen and oxygen atoms in total. The Morgan fingerprint density at radius 2 is 2.17 bits per heavy atom. The van der Waals surface area contributed by atoms with Crippen LogP contribution in [0.3, 0.4) is 0 Å². The fourth-order valence-electron chi connectivity index (χ4n) is 2.38. The maximum Gasteiger partial charge on any atom is 0.227 e. The normalized spacial score (nSPS) is 23.1. The maximum absolute atomic E-state index is 12.3. The number of carbonyl (C=O) groups excluding carboxylic acids is 1. The van der Waals surface area contributed by atoms with Crippen molar-refractivity contribution in [3.05, 3.63) is 34.9 Å². The Labute approximate surface area is 113 Å². The van der Waals surface area contributed by atoms with Gasteiger partial charge in [0.15, 0.2) is 0 Å². The third kappa shape index (κ3) is 2.85. The first-order valence-corrected chi connectivity index (χ1v) is 6.66. The SMILES string of the molecule is CC1CNCC1C(=O)N(C)Cc1ccccc1Cl. The zero-order chi connectivity index (χ0) is 13.1. The van der Waals surface area contributed by atoms with E-state index in [-0.39, 0.29) is 11.8 Å². The minimum Gasteiger partial charge on any atom is -0.341 e. The number of nitrogens with zero attached hydrogens (tertiary/aromatic N) is 1. The number of amides is 1. The van der Waals surface area contributed by atoms with Crippen molar-refractivity contribution in [2.75, 3.05) is 20.1 Å². The lowest BCUT2D eigenvalue weighted by Crippen LogP contribution is -2.35. The van der Waals surface area contributed by atoms with E-state index in [0.717, 1.165) is 23.7 Å². The topological polar surface area (TPSA) is 32.3 Å². The minimum atomic E-state index is 0.0949. The van der Waals surface area contributed by atoms with E-state index in [1.165, 1.54) is 0 Å². The lowest BCUT2D eigenvalue weighted by atomic mass is 9.96. The lowest BCUT2D eigenvalue weighted by molar-refractivity contribution is -0.135. The second-order valence-electron chi connectivity index (χ2n) is 5.03. The fourth-order valence-corrected chi connectivity index (χ4v) is 2.58. The van der Waals surface area contributed by atoms with E-state index >= 15 is 0 Å². The van der Waals surface area contributed by atoms with Gasteiger partial charge in [-0.25, -0.2) is 0 Å². The molecule has 1 aliphatic rings. The van der Waals surface area contributed by atoms with E-state index in [0.29, 0.717) is 12.5 Å². The molecule has 1 saturated heterocycles. The van der Waals surface area contributed by atoms with Crippen LogP contribution in [0.15, 0.2) is 24.3 Å².